The van der Waals surface area contributed by atoms with Gasteiger partial charge < -0.3 is 4.43 Å². The molecule has 0 N–H and O–H groups in total. The zero-order valence-electron chi connectivity index (χ0n) is 5.74. The number of hydrogen-bond donors (Lipinski definition) is 0. The van der Waals surface area contributed by atoms with Crippen LogP contribution in [0.3, 0.4) is 0 Å². The van der Waals surface area contributed by atoms with Crippen LogP contribution < -0.4 is 0 Å². The molecule has 48 valence electrons. The van der Waals surface area contributed by atoms with Crippen molar-refractivity contribution < 1.29 is 4.43 Å². The second-order valence-electron chi connectivity index (χ2n) is 2.76. The molecule has 0 saturated carbocycles. The van der Waals surface area contributed by atoms with Crippen molar-refractivity contribution in [1.29, 1.82) is 0 Å². The Balaban J connectivity index is 2.40. The average molecular weight is 130 g/mol. The van der Waals surface area contributed by atoms with E-state index in [2.05, 4.69) is 13.5 Å². The zero-order valence-corrected chi connectivity index (χ0v) is 6.74. The molecule has 0 aromatic carbocycles. The first kappa shape index (κ1) is 6.30. The molecule has 1 heterocycles. The third-order valence-corrected chi connectivity index (χ3v) is 5.86. The smallest absolute Gasteiger partial charge is 0.189 e. The van der Waals surface area contributed by atoms with Gasteiger partial charge in [0, 0.05) is 6.61 Å². The van der Waals surface area contributed by atoms with Gasteiger partial charge in [-0.1, -0.05) is 6.92 Å². The van der Waals surface area contributed by atoms with E-state index in [-0.39, 0.29) is 0 Å². The normalized spacial score (nSPS) is 38.2. The van der Waals surface area contributed by atoms with Gasteiger partial charge in [-0.25, -0.2) is 0 Å². The first-order chi connectivity index (χ1) is 3.77. The standard InChI is InChI=1S/C6H14OSi/c1-3-8(2)6-4-5-7-8/h3-6H2,1-2H3. The summed E-state index contributed by atoms with van der Waals surface area (Å²) in [6.07, 6.45) is 1.32. The summed E-state index contributed by atoms with van der Waals surface area (Å²) in [5.41, 5.74) is 0. The highest BCUT2D eigenvalue weighted by Crippen LogP contribution is 2.24. The van der Waals surface area contributed by atoms with Crippen LogP contribution in [0.25, 0.3) is 0 Å². The average Bonchev–Trinajstić information content (AvgIpc) is 2.17. The molecule has 8 heavy (non-hydrogen) atoms. The maximum atomic E-state index is 5.63. The van der Waals surface area contributed by atoms with Gasteiger partial charge in [-0.3, -0.25) is 0 Å². The Morgan fingerprint density at radius 2 is 2.38 bits per heavy atom. The van der Waals surface area contributed by atoms with Gasteiger partial charge in [0.05, 0.1) is 0 Å². The van der Waals surface area contributed by atoms with Gasteiger partial charge in [0.2, 0.25) is 0 Å². The fraction of sp³-hybridized carbons (Fsp3) is 1.00. The summed E-state index contributed by atoms with van der Waals surface area (Å²) in [5, 5.41) is 0. The summed E-state index contributed by atoms with van der Waals surface area (Å²) in [6.45, 7) is 5.62. The third kappa shape index (κ3) is 1.12. The molecule has 0 spiro atoms. The molecule has 0 amide bonds. The van der Waals surface area contributed by atoms with Gasteiger partial charge in [0.15, 0.2) is 8.32 Å². The van der Waals surface area contributed by atoms with E-state index in [0.717, 1.165) is 6.61 Å². The van der Waals surface area contributed by atoms with Crippen molar-refractivity contribution in [2.24, 2.45) is 0 Å². The van der Waals surface area contributed by atoms with E-state index < -0.39 is 8.32 Å². The fourth-order valence-electron chi connectivity index (χ4n) is 1.12. The largest absolute Gasteiger partial charge is 0.417 e. The van der Waals surface area contributed by atoms with E-state index in [1.165, 1.54) is 18.5 Å². The summed E-state index contributed by atoms with van der Waals surface area (Å²) in [5.74, 6) is 0. The predicted octanol–water partition coefficient (Wildman–Crippen LogP) is 2.00. The Morgan fingerprint density at radius 3 is 2.62 bits per heavy atom. The van der Waals surface area contributed by atoms with Gasteiger partial charge in [-0.15, -0.1) is 0 Å². The van der Waals surface area contributed by atoms with Crippen molar-refractivity contribution >= 4 is 8.32 Å². The molecule has 1 fully saturated rings. The van der Waals surface area contributed by atoms with Crippen molar-refractivity contribution in [2.75, 3.05) is 6.61 Å². The van der Waals surface area contributed by atoms with Crippen molar-refractivity contribution in [3.05, 3.63) is 0 Å². The Hall–Kier alpha value is 0.177. The van der Waals surface area contributed by atoms with Crippen LogP contribution in [-0.4, -0.2) is 14.9 Å². The van der Waals surface area contributed by atoms with Crippen molar-refractivity contribution in [2.45, 2.75) is 32.0 Å². The molecule has 1 atom stereocenters. The highest BCUT2D eigenvalue weighted by Gasteiger charge is 2.30. The Morgan fingerprint density at radius 1 is 1.62 bits per heavy atom. The van der Waals surface area contributed by atoms with Crippen LogP contribution >= 0.6 is 0 Å². The maximum Gasteiger partial charge on any atom is 0.189 e. The molecule has 1 nitrogen and oxygen atoms in total. The lowest BCUT2D eigenvalue weighted by Crippen LogP contribution is -2.26. The SMILES string of the molecule is CC[Si]1(C)CCCO1. The summed E-state index contributed by atoms with van der Waals surface area (Å²) >= 11 is 0. The van der Waals surface area contributed by atoms with Gasteiger partial charge in [-0.2, -0.15) is 0 Å². The van der Waals surface area contributed by atoms with Crippen LogP contribution in [0.2, 0.25) is 18.6 Å². The number of hydrogen-bond acceptors (Lipinski definition) is 1. The molecule has 1 unspecified atom stereocenters. The molecular weight excluding hydrogens is 116 g/mol. The molecule has 1 saturated heterocycles. The second kappa shape index (κ2) is 2.19. The van der Waals surface area contributed by atoms with E-state index in [1.807, 2.05) is 0 Å². The fourth-order valence-corrected chi connectivity index (χ4v) is 3.35. The Kier molecular flexibility index (Phi) is 1.73. The van der Waals surface area contributed by atoms with E-state index in [1.54, 1.807) is 0 Å². The van der Waals surface area contributed by atoms with E-state index in [9.17, 15) is 0 Å². The zero-order chi connectivity index (χ0) is 6.04. The van der Waals surface area contributed by atoms with Crippen LogP contribution in [0.1, 0.15) is 13.3 Å². The minimum Gasteiger partial charge on any atom is -0.417 e. The van der Waals surface area contributed by atoms with E-state index >= 15 is 0 Å². The first-order valence-electron chi connectivity index (χ1n) is 3.41. The van der Waals surface area contributed by atoms with Gasteiger partial charge in [0.1, 0.15) is 0 Å². The van der Waals surface area contributed by atoms with Crippen LogP contribution in [0.5, 0.6) is 0 Å². The highest BCUT2D eigenvalue weighted by molar-refractivity contribution is 6.72. The molecule has 1 aliphatic rings. The predicted molar refractivity (Wildman–Crippen MR) is 37.5 cm³/mol. The molecule has 1 rings (SSSR count). The lowest BCUT2D eigenvalue weighted by molar-refractivity contribution is 0.346. The Labute approximate surface area is 52.2 Å². The third-order valence-electron chi connectivity index (χ3n) is 2.05. The van der Waals surface area contributed by atoms with Crippen molar-refractivity contribution in [1.82, 2.24) is 0 Å². The molecule has 0 aromatic rings. The molecule has 1 aliphatic heterocycles. The van der Waals surface area contributed by atoms with Crippen molar-refractivity contribution in [3.63, 3.8) is 0 Å². The van der Waals surface area contributed by atoms with Crippen LogP contribution in [0.4, 0.5) is 0 Å². The minimum atomic E-state index is -1.06. The van der Waals surface area contributed by atoms with Gasteiger partial charge in [-0.05, 0) is 25.1 Å². The van der Waals surface area contributed by atoms with Gasteiger partial charge in [0.25, 0.3) is 0 Å². The number of rotatable bonds is 1. The lowest BCUT2D eigenvalue weighted by atomic mass is 10.5. The van der Waals surface area contributed by atoms with Crippen molar-refractivity contribution in [3.8, 4) is 0 Å². The lowest BCUT2D eigenvalue weighted by Gasteiger charge is -2.16. The minimum absolute atomic E-state index is 1.04. The van der Waals surface area contributed by atoms with Crippen LogP contribution in [-0.2, 0) is 4.43 Å². The topological polar surface area (TPSA) is 9.23 Å². The molecule has 0 bridgehead atoms. The monoisotopic (exact) mass is 130 g/mol. The maximum absolute atomic E-state index is 5.63. The Bertz CT molecular complexity index is 76.6. The molecule has 0 aliphatic carbocycles. The first-order valence-corrected chi connectivity index (χ1v) is 6.23. The quantitative estimate of drug-likeness (QED) is 0.493. The van der Waals surface area contributed by atoms with E-state index in [0.29, 0.717) is 0 Å². The van der Waals surface area contributed by atoms with Gasteiger partial charge >= 0.3 is 0 Å². The summed E-state index contributed by atoms with van der Waals surface area (Å²) < 4.78 is 5.63. The molecule has 0 radical (unpaired) electrons. The molecule has 0 aromatic heterocycles. The molecule has 2 heteroatoms. The summed E-state index contributed by atoms with van der Waals surface area (Å²) in [7, 11) is -1.06. The van der Waals surface area contributed by atoms with Crippen LogP contribution in [0.15, 0.2) is 0 Å². The second-order valence-corrected chi connectivity index (χ2v) is 7.15. The highest BCUT2D eigenvalue weighted by atomic mass is 28.4. The molecular formula is C6H14OSi. The summed E-state index contributed by atoms with van der Waals surface area (Å²) in [6, 6.07) is 2.69. The summed E-state index contributed by atoms with van der Waals surface area (Å²) in [4.78, 5) is 0. The van der Waals surface area contributed by atoms with Crippen LogP contribution in [0, 0.1) is 0 Å². The van der Waals surface area contributed by atoms with E-state index in [4.69, 9.17) is 4.43 Å².